The highest BCUT2D eigenvalue weighted by Crippen LogP contribution is 2.38. The second-order valence-corrected chi connectivity index (χ2v) is 9.62. The molecule has 0 saturated carbocycles. The zero-order valence-electron chi connectivity index (χ0n) is 13.6. The van der Waals surface area contributed by atoms with Crippen LogP contribution in [0.2, 0.25) is 0 Å². The van der Waals surface area contributed by atoms with E-state index in [0.29, 0.717) is 0 Å². The maximum Gasteiger partial charge on any atom is 0.329 e. The van der Waals surface area contributed by atoms with Gasteiger partial charge in [-0.2, -0.15) is 0 Å². The molecule has 130 valence electrons. The van der Waals surface area contributed by atoms with Crippen LogP contribution in [0.4, 0.5) is 16.2 Å². The van der Waals surface area contributed by atoms with Crippen LogP contribution in [0.3, 0.4) is 0 Å². The Morgan fingerprint density at radius 3 is 2.16 bits per heavy atom. The predicted molar refractivity (Wildman–Crippen MR) is 102 cm³/mol. The van der Waals surface area contributed by atoms with Gasteiger partial charge in [0.1, 0.15) is 0 Å². The summed E-state index contributed by atoms with van der Waals surface area (Å²) in [6.07, 6.45) is 0. The highest BCUT2D eigenvalue weighted by atomic mass is 79.9. The van der Waals surface area contributed by atoms with Gasteiger partial charge in [0, 0.05) is 15.8 Å². The van der Waals surface area contributed by atoms with Gasteiger partial charge in [-0.05, 0) is 48.9 Å². The average Bonchev–Trinajstić information content (AvgIpc) is 2.97. The minimum absolute atomic E-state index is 0.00177. The molecule has 2 saturated heterocycles. The number of anilines is 2. The number of halogens is 1. The van der Waals surface area contributed by atoms with Gasteiger partial charge in [0.25, 0.3) is 0 Å². The lowest BCUT2D eigenvalue weighted by Crippen LogP contribution is -2.37. The van der Waals surface area contributed by atoms with Crippen molar-refractivity contribution in [3.8, 4) is 0 Å². The number of benzene rings is 2. The molecule has 0 spiro atoms. The largest absolute Gasteiger partial charge is 0.329 e. The minimum Gasteiger partial charge on any atom is -0.288 e. The van der Waals surface area contributed by atoms with Crippen LogP contribution in [0.1, 0.15) is 5.56 Å². The zero-order chi connectivity index (χ0) is 17.8. The van der Waals surface area contributed by atoms with E-state index in [9.17, 15) is 13.2 Å². The van der Waals surface area contributed by atoms with E-state index in [1.165, 1.54) is 0 Å². The first-order valence-electron chi connectivity index (χ1n) is 8.01. The Labute approximate surface area is 155 Å². The molecule has 2 fully saturated rings. The maximum absolute atomic E-state index is 13.2. The second kappa shape index (κ2) is 5.85. The number of hydrogen-bond acceptors (Lipinski definition) is 3. The topological polar surface area (TPSA) is 57.7 Å². The van der Waals surface area contributed by atoms with Crippen molar-refractivity contribution in [2.45, 2.75) is 19.0 Å². The Morgan fingerprint density at radius 1 is 0.960 bits per heavy atom. The van der Waals surface area contributed by atoms with Gasteiger partial charge in [0.2, 0.25) is 0 Å². The summed E-state index contributed by atoms with van der Waals surface area (Å²) >= 11 is 3.39. The summed E-state index contributed by atoms with van der Waals surface area (Å²) in [6, 6.07) is 14.1. The summed E-state index contributed by atoms with van der Waals surface area (Å²) in [7, 11) is -3.17. The van der Waals surface area contributed by atoms with Crippen LogP contribution in [-0.4, -0.2) is 38.0 Å². The third kappa shape index (κ3) is 2.85. The van der Waals surface area contributed by atoms with E-state index in [2.05, 4.69) is 15.9 Å². The van der Waals surface area contributed by atoms with Gasteiger partial charge in [-0.3, -0.25) is 9.80 Å². The van der Waals surface area contributed by atoms with Crippen molar-refractivity contribution in [2.24, 2.45) is 0 Å². The molecule has 0 bridgehead atoms. The van der Waals surface area contributed by atoms with Crippen LogP contribution >= 0.6 is 15.9 Å². The number of hydrogen-bond donors (Lipinski definition) is 0. The van der Waals surface area contributed by atoms with Crippen molar-refractivity contribution in [2.75, 3.05) is 21.3 Å². The first-order valence-corrected chi connectivity index (χ1v) is 10.6. The SMILES string of the molecule is Cc1cccc(N2C(=O)N(c3ccc(Br)cc3)[C@@H]3CS(=O)(=O)C[C@@H]32)c1. The van der Waals surface area contributed by atoms with Crippen LogP contribution < -0.4 is 9.80 Å². The smallest absolute Gasteiger partial charge is 0.288 e. The number of carbonyl (C=O) groups excluding carboxylic acids is 1. The zero-order valence-corrected chi connectivity index (χ0v) is 16.0. The Balaban J connectivity index is 1.81. The van der Waals surface area contributed by atoms with Crippen molar-refractivity contribution < 1.29 is 13.2 Å². The third-order valence-electron chi connectivity index (χ3n) is 4.75. The van der Waals surface area contributed by atoms with Crippen molar-refractivity contribution in [1.82, 2.24) is 0 Å². The first kappa shape index (κ1) is 16.6. The molecule has 0 N–H and O–H groups in total. The van der Waals surface area contributed by atoms with Gasteiger partial charge in [-0.1, -0.05) is 28.1 Å². The molecular formula is C18H17BrN2O3S. The molecular weight excluding hydrogens is 404 g/mol. The number of amides is 2. The summed E-state index contributed by atoms with van der Waals surface area (Å²) in [5.74, 6) is 0.00611. The van der Waals surface area contributed by atoms with Crippen molar-refractivity contribution in [3.05, 3.63) is 58.6 Å². The Kier molecular flexibility index (Phi) is 3.88. The number of fused-ring (bicyclic) bond motifs is 1. The van der Waals surface area contributed by atoms with E-state index in [1.54, 1.807) is 9.80 Å². The maximum atomic E-state index is 13.2. The van der Waals surface area contributed by atoms with Gasteiger partial charge in [0.15, 0.2) is 9.84 Å². The van der Waals surface area contributed by atoms with Crippen molar-refractivity contribution >= 4 is 43.2 Å². The normalized spacial score (nSPS) is 24.6. The fourth-order valence-electron chi connectivity index (χ4n) is 3.69. The molecule has 2 aliphatic rings. The number of rotatable bonds is 2. The molecule has 25 heavy (non-hydrogen) atoms. The standard InChI is InChI=1S/C18H17BrN2O3S/c1-12-3-2-4-15(9-12)21-17-11-25(23,24)10-16(17)20(18(21)22)14-7-5-13(19)6-8-14/h2-9,16-17H,10-11H2,1H3/t16-,17+/m1/s1. The van der Waals surface area contributed by atoms with Crippen LogP contribution in [0, 0.1) is 6.92 Å². The van der Waals surface area contributed by atoms with E-state index < -0.39 is 9.84 Å². The molecule has 0 aliphatic carbocycles. The van der Waals surface area contributed by atoms with E-state index in [-0.39, 0.29) is 29.6 Å². The van der Waals surface area contributed by atoms with Gasteiger partial charge in [-0.15, -0.1) is 0 Å². The summed E-state index contributed by atoms with van der Waals surface area (Å²) in [5, 5.41) is 0. The lowest BCUT2D eigenvalue weighted by atomic mass is 10.1. The monoisotopic (exact) mass is 420 g/mol. The van der Waals surface area contributed by atoms with Crippen molar-refractivity contribution in [1.29, 1.82) is 0 Å². The minimum atomic E-state index is -3.17. The fourth-order valence-corrected chi connectivity index (χ4v) is 5.87. The molecule has 0 unspecified atom stereocenters. The van der Waals surface area contributed by atoms with E-state index in [0.717, 1.165) is 21.4 Å². The van der Waals surface area contributed by atoms with Crippen LogP contribution in [0.5, 0.6) is 0 Å². The Bertz CT molecular complexity index is 943. The Morgan fingerprint density at radius 2 is 1.56 bits per heavy atom. The summed E-state index contributed by atoms with van der Waals surface area (Å²) in [4.78, 5) is 16.4. The number of urea groups is 1. The van der Waals surface area contributed by atoms with Gasteiger partial charge < -0.3 is 0 Å². The highest BCUT2D eigenvalue weighted by molar-refractivity contribution is 9.10. The molecule has 0 radical (unpaired) electrons. The average molecular weight is 421 g/mol. The molecule has 7 heteroatoms. The van der Waals surface area contributed by atoms with E-state index in [1.807, 2.05) is 55.5 Å². The third-order valence-corrected chi connectivity index (χ3v) is 6.98. The summed E-state index contributed by atoms with van der Waals surface area (Å²) in [6.45, 7) is 1.96. The number of sulfone groups is 1. The number of aryl methyl sites for hydroxylation is 1. The molecule has 2 aromatic carbocycles. The summed E-state index contributed by atoms with van der Waals surface area (Å²) < 4.78 is 25.4. The summed E-state index contributed by atoms with van der Waals surface area (Å²) in [5.41, 5.74) is 2.50. The first-order chi connectivity index (χ1) is 11.9. The molecule has 2 amide bonds. The molecule has 4 rings (SSSR count). The highest BCUT2D eigenvalue weighted by Gasteiger charge is 2.54. The molecule has 2 aromatic rings. The fraction of sp³-hybridized carbons (Fsp3) is 0.278. The number of carbonyl (C=O) groups is 1. The van der Waals surface area contributed by atoms with Crippen LogP contribution in [0.25, 0.3) is 0 Å². The van der Waals surface area contributed by atoms with E-state index in [4.69, 9.17) is 0 Å². The lowest BCUT2D eigenvalue weighted by Gasteiger charge is -2.23. The number of nitrogens with zero attached hydrogens (tertiary/aromatic N) is 2. The van der Waals surface area contributed by atoms with Gasteiger partial charge in [0.05, 0.1) is 23.6 Å². The molecule has 2 atom stereocenters. The molecule has 5 nitrogen and oxygen atoms in total. The van der Waals surface area contributed by atoms with Crippen LogP contribution in [0.15, 0.2) is 53.0 Å². The Hall–Kier alpha value is -1.86. The predicted octanol–water partition coefficient (Wildman–Crippen LogP) is 3.37. The molecule has 2 aliphatic heterocycles. The quantitative estimate of drug-likeness (QED) is 0.699. The van der Waals surface area contributed by atoms with Crippen molar-refractivity contribution in [3.63, 3.8) is 0 Å². The molecule has 2 heterocycles. The van der Waals surface area contributed by atoms with Crippen LogP contribution in [-0.2, 0) is 9.84 Å². The van der Waals surface area contributed by atoms with E-state index >= 15 is 0 Å². The second-order valence-electron chi connectivity index (χ2n) is 6.55. The molecule has 0 aromatic heterocycles. The van der Waals surface area contributed by atoms with Gasteiger partial charge >= 0.3 is 6.03 Å². The van der Waals surface area contributed by atoms with Gasteiger partial charge in [-0.25, -0.2) is 13.2 Å². The lowest BCUT2D eigenvalue weighted by molar-refractivity contribution is 0.255.